The lowest BCUT2D eigenvalue weighted by molar-refractivity contribution is -0.149. The number of esters is 1. The van der Waals surface area contributed by atoms with Crippen LogP contribution in [0.4, 0.5) is 13.2 Å². The molecule has 2 rings (SSSR count). The molecule has 22 heavy (non-hydrogen) atoms. The molecule has 6 nitrogen and oxygen atoms in total. The lowest BCUT2D eigenvalue weighted by Gasteiger charge is -2.04. The smallest absolute Gasteiger partial charge is 0.451 e. The number of benzene rings is 1. The van der Waals surface area contributed by atoms with E-state index >= 15 is 0 Å². The summed E-state index contributed by atoms with van der Waals surface area (Å²) in [4.78, 5) is 23.2. The Labute approximate surface area is 122 Å². The number of carbonyl (C=O) groups excluding carboxylic acids is 1. The third kappa shape index (κ3) is 3.54. The third-order valence-corrected chi connectivity index (χ3v) is 2.82. The van der Waals surface area contributed by atoms with Crippen molar-refractivity contribution in [3.63, 3.8) is 0 Å². The van der Waals surface area contributed by atoms with Crippen molar-refractivity contribution < 1.29 is 22.7 Å². The quantitative estimate of drug-likeness (QED) is 0.799. The number of ether oxygens (including phenoxy) is 1. The first-order valence-corrected chi connectivity index (χ1v) is 6.19. The first-order chi connectivity index (χ1) is 10.3. The van der Waals surface area contributed by atoms with E-state index in [9.17, 15) is 22.8 Å². The Morgan fingerprint density at radius 1 is 1.27 bits per heavy atom. The predicted octanol–water partition coefficient (Wildman–Crippen LogP) is 1.34. The minimum Gasteiger partial charge on any atom is -0.459 e. The molecular formula is C13H12F3N3O3. The predicted molar refractivity (Wildman–Crippen MR) is 68.7 cm³/mol. The maximum Gasteiger partial charge on any atom is 0.451 e. The highest BCUT2D eigenvalue weighted by molar-refractivity contribution is 5.69. The first-order valence-electron chi connectivity index (χ1n) is 6.19. The number of hydrogen-bond donors (Lipinski definition) is 0. The first kappa shape index (κ1) is 15.8. The molecule has 0 aliphatic rings. The van der Waals surface area contributed by atoms with Crippen LogP contribution in [-0.4, -0.2) is 20.3 Å². The summed E-state index contributed by atoms with van der Waals surface area (Å²) in [7, 11) is 0.934. The molecule has 2 aromatic rings. The molecule has 0 radical (unpaired) electrons. The monoisotopic (exact) mass is 315 g/mol. The molecule has 1 aromatic heterocycles. The molecule has 0 N–H and O–H groups in total. The van der Waals surface area contributed by atoms with Gasteiger partial charge in [-0.3, -0.25) is 9.36 Å². The van der Waals surface area contributed by atoms with Gasteiger partial charge in [0.05, 0.1) is 0 Å². The van der Waals surface area contributed by atoms with Crippen molar-refractivity contribution in [3.05, 3.63) is 52.2 Å². The summed E-state index contributed by atoms with van der Waals surface area (Å²) < 4.78 is 43.4. The summed E-state index contributed by atoms with van der Waals surface area (Å²) in [6.07, 6.45) is -4.77. The summed E-state index contributed by atoms with van der Waals surface area (Å²) in [6, 6.07) is 8.74. The molecule has 0 atom stereocenters. The third-order valence-electron chi connectivity index (χ3n) is 2.82. The highest BCUT2D eigenvalue weighted by Crippen LogP contribution is 2.25. The van der Waals surface area contributed by atoms with Crippen molar-refractivity contribution in [3.8, 4) is 0 Å². The Morgan fingerprint density at radius 3 is 2.45 bits per heavy atom. The molecule has 0 aliphatic heterocycles. The fraction of sp³-hybridized carbons (Fsp3) is 0.308. The average Bonchev–Trinajstić information content (AvgIpc) is 2.74. The van der Waals surface area contributed by atoms with Crippen molar-refractivity contribution in [2.75, 3.05) is 0 Å². The lowest BCUT2D eigenvalue weighted by Crippen LogP contribution is -2.27. The van der Waals surface area contributed by atoms with E-state index < -0.39 is 30.2 Å². The minimum absolute atomic E-state index is 0.0343. The second-order valence-electron chi connectivity index (χ2n) is 4.47. The minimum atomic E-state index is -4.77. The van der Waals surface area contributed by atoms with Gasteiger partial charge in [-0.05, 0) is 5.56 Å². The molecule has 0 bridgehead atoms. The van der Waals surface area contributed by atoms with E-state index in [1.165, 1.54) is 0 Å². The van der Waals surface area contributed by atoms with Crippen LogP contribution in [0.2, 0.25) is 0 Å². The molecule has 0 fully saturated rings. The van der Waals surface area contributed by atoms with Crippen LogP contribution >= 0.6 is 0 Å². The van der Waals surface area contributed by atoms with Crippen molar-refractivity contribution in [2.45, 2.75) is 19.3 Å². The molecule has 0 spiro atoms. The molecule has 1 aromatic carbocycles. The van der Waals surface area contributed by atoms with Gasteiger partial charge in [-0.1, -0.05) is 30.3 Å². The zero-order valence-corrected chi connectivity index (χ0v) is 11.5. The van der Waals surface area contributed by atoms with E-state index in [1.54, 1.807) is 30.3 Å². The summed E-state index contributed by atoms with van der Waals surface area (Å²) >= 11 is 0. The van der Waals surface area contributed by atoms with E-state index in [0.717, 1.165) is 12.6 Å². The van der Waals surface area contributed by atoms with Gasteiger partial charge in [-0.15, -0.1) is 5.10 Å². The lowest BCUT2D eigenvalue weighted by atomic mass is 10.2. The van der Waals surface area contributed by atoms with Crippen molar-refractivity contribution in [1.82, 2.24) is 14.3 Å². The Hall–Kier alpha value is -2.58. The summed E-state index contributed by atoms with van der Waals surface area (Å²) in [5, 5.41) is 3.12. The molecule has 118 valence electrons. The molecule has 0 amide bonds. The fourth-order valence-electron chi connectivity index (χ4n) is 1.74. The summed E-state index contributed by atoms with van der Waals surface area (Å²) in [5.41, 5.74) is -0.316. The van der Waals surface area contributed by atoms with Crippen molar-refractivity contribution in [2.24, 2.45) is 7.05 Å². The SMILES string of the molecule is Cn1c(C(F)(F)F)nn(CC(=O)OCc2ccccc2)c1=O. The second-order valence-corrected chi connectivity index (χ2v) is 4.47. The number of nitrogens with zero attached hydrogens (tertiary/aromatic N) is 3. The van der Waals surface area contributed by atoms with Crippen LogP contribution < -0.4 is 5.69 Å². The number of alkyl halides is 3. The van der Waals surface area contributed by atoms with Gasteiger partial charge in [0, 0.05) is 7.05 Å². The number of carbonyl (C=O) groups is 1. The largest absolute Gasteiger partial charge is 0.459 e. The number of rotatable bonds is 4. The molecule has 0 saturated carbocycles. The van der Waals surface area contributed by atoms with Crippen LogP contribution in [0.25, 0.3) is 0 Å². The molecule has 0 aliphatic carbocycles. The van der Waals surface area contributed by atoms with Gasteiger partial charge in [0.1, 0.15) is 13.2 Å². The van der Waals surface area contributed by atoms with Crippen LogP contribution in [0.1, 0.15) is 11.4 Å². The van der Waals surface area contributed by atoms with E-state index in [2.05, 4.69) is 5.10 Å². The molecular weight excluding hydrogens is 303 g/mol. The van der Waals surface area contributed by atoms with Crippen LogP contribution in [0.15, 0.2) is 35.1 Å². The number of hydrogen-bond acceptors (Lipinski definition) is 4. The van der Waals surface area contributed by atoms with E-state index in [4.69, 9.17) is 4.74 Å². The van der Waals surface area contributed by atoms with E-state index in [0.29, 0.717) is 9.25 Å². The summed E-state index contributed by atoms with van der Waals surface area (Å²) in [6.45, 7) is -0.719. The fourth-order valence-corrected chi connectivity index (χ4v) is 1.74. The standard InChI is InChI=1S/C13H12F3N3O3/c1-18-11(13(14,15)16)17-19(12(18)21)7-10(20)22-8-9-5-3-2-4-6-9/h2-6H,7-8H2,1H3. The van der Waals surface area contributed by atoms with E-state index in [-0.39, 0.29) is 6.61 Å². The normalized spacial score (nSPS) is 11.5. The zero-order chi connectivity index (χ0) is 16.3. The van der Waals surface area contributed by atoms with Crippen LogP contribution in [0.3, 0.4) is 0 Å². The van der Waals surface area contributed by atoms with E-state index in [1.807, 2.05) is 0 Å². The van der Waals surface area contributed by atoms with Crippen LogP contribution in [-0.2, 0) is 35.9 Å². The van der Waals surface area contributed by atoms with Gasteiger partial charge in [-0.25, -0.2) is 9.48 Å². The molecule has 0 unspecified atom stereocenters. The van der Waals surface area contributed by atoms with Gasteiger partial charge < -0.3 is 4.74 Å². The molecule has 1 heterocycles. The number of aromatic nitrogens is 3. The van der Waals surface area contributed by atoms with Crippen LogP contribution in [0.5, 0.6) is 0 Å². The van der Waals surface area contributed by atoms with Crippen molar-refractivity contribution >= 4 is 5.97 Å². The van der Waals surface area contributed by atoms with Gasteiger partial charge in [0.25, 0.3) is 0 Å². The van der Waals surface area contributed by atoms with Gasteiger partial charge >= 0.3 is 17.8 Å². The number of halogens is 3. The summed E-state index contributed by atoms with van der Waals surface area (Å²) in [5.74, 6) is -2.22. The second kappa shape index (κ2) is 6.04. The maximum atomic E-state index is 12.6. The maximum absolute atomic E-state index is 12.6. The highest BCUT2D eigenvalue weighted by atomic mass is 19.4. The Kier molecular flexibility index (Phi) is 4.34. The Morgan fingerprint density at radius 2 is 1.91 bits per heavy atom. The molecule has 0 saturated heterocycles. The Bertz CT molecular complexity index is 720. The Balaban J connectivity index is 2.05. The van der Waals surface area contributed by atoms with Gasteiger partial charge in [0.2, 0.25) is 5.82 Å². The zero-order valence-electron chi connectivity index (χ0n) is 11.5. The highest BCUT2D eigenvalue weighted by Gasteiger charge is 2.38. The van der Waals surface area contributed by atoms with Crippen molar-refractivity contribution in [1.29, 1.82) is 0 Å². The topological polar surface area (TPSA) is 66.1 Å². The van der Waals surface area contributed by atoms with Gasteiger partial charge in [0.15, 0.2) is 0 Å². The van der Waals surface area contributed by atoms with Gasteiger partial charge in [-0.2, -0.15) is 13.2 Å². The molecule has 9 heteroatoms. The average molecular weight is 315 g/mol. The van der Waals surface area contributed by atoms with Crippen LogP contribution in [0, 0.1) is 0 Å².